The predicted molar refractivity (Wildman–Crippen MR) is 90.9 cm³/mol. The first-order valence-corrected chi connectivity index (χ1v) is 8.88. The highest BCUT2D eigenvalue weighted by Gasteiger charge is 2.50. The van der Waals surface area contributed by atoms with Gasteiger partial charge in [-0.05, 0) is 78.4 Å². The first kappa shape index (κ1) is 14.8. The van der Waals surface area contributed by atoms with E-state index in [9.17, 15) is 0 Å². The largest absolute Gasteiger partial charge is 0.377 e. The molecule has 1 aromatic rings. The third-order valence-electron chi connectivity index (χ3n) is 4.75. The molecule has 0 amide bonds. The lowest BCUT2D eigenvalue weighted by atomic mass is 9.74. The maximum absolute atomic E-state index is 6.14. The third-order valence-corrected chi connectivity index (χ3v) is 5.47. The average Bonchev–Trinajstić information content (AvgIpc) is 3.21. The highest BCUT2D eigenvalue weighted by molar-refractivity contribution is 14.1. The number of ether oxygens (including phenoxy) is 1. The van der Waals surface area contributed by atoms with Crippen LogP contribution in [0, 0.1) is 14.9 Å². The second kappa shape index (κ2) is 6.32. The van der Waals surface area contributed by atoms with E-state index in [1.165, 1.54) is 28.4 Å². The van der Waals surface area contributed by atoms with Gasteiger partial charge in [-0.15, -0.1) is 0 Å². The van der Waals surface area contributed by atoms with E-state index in [0.29, 0.717) is 11.5 Å². The second-order valence-electron chi connectivity index (χ2n) is 6.32. The van der Waals surface area contributed by atoms with Crippen molar-refractivity contribution < 1.29 is 4.74 Å². The molecule has 1 heterocycles. The van der Waals surface area contributed by atoms with E-state index in [2.05, 4.69) is 59.1 Å². The monoisotopic (exact) mass is 385 g/mol. The quantitative estimate of drug-likeness (QED) is 0.756. The number of benzene rings is 1. The lowest BCUT2D eigenvalue weighted by molar-refractivity contribution is 0.0309. The molecule has 2 fully saturated rings. The predicted octanol–water partition coefficient (Wildman–Crippen LogP) is 3.63. The molecule has 0 bridgehead atoms. The van der Waals surface area contributed by atoms with Gasteiger partial charge >= 0.3 is 0 Å². The van der Waals surface area contributed by atoms with Crippen molar-refractivity contribution in [3.8, 4) is 0 Å². The van der Waals surface area contributed by atoms with Gasteiger partial charge in [-0.2, -0.15) is 0 Å². The Morgan fingerprint density at radius 2 is 2.05 bits per heavy atom. The van der Waals surface area contributed by atoms with Crippen molar-refractivity contribution in [3.05, 3.63) is 33.4 Å². The standard InChI is InChI=1S/C17H24INO/c1-2-19-12-17(9-10-20-16(17)14-5-6-14)11-13-3-7-15(18)8-4-13/h3-4,7-8,14,16,19H,2,5-6,9-12H2,1H3. The summed E-state index contributed by atoms with van der Waals surface area (Å²) < 4.78 is 7.46. The molecule has 1 aromatic carbocycles. The van der Waals surface area contributed by atoms with Gasteiger partial charge in [0.2, 0.25) is 0 Å². The van der Waals surface area contributed by atoms with Crippen LogP contribution in [0.3, 0.4) is 0 Å². The molecule has 0 aromatic heterocycles. The molecule has 2 unspecified atom stereocenters. The van der Waals surface area contributed by atoms with Crippen LogP contribution >= 0.6 is 22.6 Å². The minimum absolute atomic E-state index is 0.309. The smallest absolute Gasteiger partial charge is 0.0675 e. The van der Waals surface area contributed by atoms with Crippen LogP contribution in [0.15, 0.2) is 24.3 Å². The number of hydrogen-bond acceptors (Lipinski definition) is 2. The zero-order valence-electron chi connectivity index (χ0n) is 12.2. The molecule has 2 nitrogen and oxygen atoms in total. The van der Waals surface area contributed by atoms with Gasteiger partial charge in [-0.25, -0.2) is 0 Å². The minimum atomic E-state index is 0.309. The highest BCUT2D eigenvalue weighted by Crippen LogP contribution is 2.49. The van der Waals surface area contributed by atoms with Crippen LogP contribution in [0.25, 0.3) is 0 Å². The summed E-state index contributed by atoms with van der Waals surface area (Å²) in [6.45, 7) is 5.28. The maximum atomic E-state index is 6.14. The number of halogens is 1. The number of nitrogens with one attached hydrogen (secondary N) is 1. The average molecular weight is 385 g/mol. The Bertz CT molecular complexity index is 443. The zero-order chi connectivity index (χ0) is 14.0. The summed E-state index contributed by atoms with van der Waals surface area (Å²) in [4.78, 5) is 0. The Morgan fingerprint density at radius 3 is 2.70 bits per heavy atom. The van der Waals surface area contributed by atoms with Crippen LogP contribution < -0.4 is 5.32 Å². The maximum Gasteiger partial charge on any atom is 0.0675 e. The first-order valence-electron chi connectivity index (χ1n) is 7.80. The van der Waals surface area contributed by atoms with Gasteiger partial charge in [-0.3, -0.25) is 0 Å². The molecule has 2 aliphatic rings. The topological polar surface area (TPSA) is 21.3 Å². The molecule has 0 spiro atoms. The molecular weight excluding hydrogens is 361 g/mol. The highest BCUT2D eigenvalue weighted by atomic mass is 127. The van der Waals surface area contributed by atoms with Crippen molar-refractivity contribution in [2.75, 3.05) is 19.7 Å². The Morgan fingerprint density at radius 1 is 1.30 bits per heavy atom. The molecular formula is C17H24INO. The van der Waals surface area contributed by atoms with Gasteiger partial charge in [0.25, 0.3) is 0 Å². The van der Waals surface area contributed by atoms with Crippen LogP contribution in [0.5, 0.6) is 0 Å². The SMILES string of the molecule is CCNCC1(Cc2ccc(I)cc2)CCOC1C1CC1. The van der Waals surface area contributed by atoms with Crippen molar-refractivity contribution in [1.82, 2.24) is 5.32 Å². The molecule has 20 heavy (non-hydrogen) atoms. The summed E-state index contributed by atoms with van der Waals surface area (Å²) in [5.74, 6) is 0.819. The summed E-state index contributed by atoms with van der Waals surface area (Å²) in [7, 11) is 0. The fourth-order valence-corrected chi connectivity index (χ4v) is 3.93. The van der Waals surface area contributed by atoms with E-state index in [-0.39, 0.29) is 0 Å². The van der Waals surface area contributed by atoms with E-state index in [4.69, 9.17) is 4.74 Å². The first-order chi connectivity index (χ1) is 9.73. The van der Waals surface area contributed by atoms with E-state index in [1.54, 1.807) is 0 Å². The van der Waals surface area contributed by atoms with E-state index in [0.717, 1.165) is 32.0 Å². The van der Waals surface area contributed by atoms with E-state index >= 15 is 0 Å². The van der Waals surface area contributed by atoms with Crippen LogP contribution in [0.4, 0.5) is 0 Å². The molecule has 1 saturated heterocycles. The van der Waals surface area contributed by atoms with Gasteiger partial charge in [0, 0.05) is 22.1 Å². The molecule has 110 valence electrons. The molecule has 2 atom stereocenters. The molecule has 3 heteroatoms. The van der Waals surface area contributed by atoms with Crippen LogP contribution in [-0.2, 0) is 11.2 Å². The summed E-state index contributed by atoms with van der Waals surface area (Å²) in [6, 6.07) is 9.02. The summed E-state index contributed by atoms with van der Waals surface area (Å²) in [5.41, 5.74) is 1.77. The zero-order valence-corrected chi connectivity index (χ0v) is 14.4. The van der Waals surface area contributed by atoms with Crippen LogP contribution in [0.1, 0.15) is 31.7 Å². The number of rotatable bonds is 6. The van der Waals surface area contributed by atoms with Crippen molar-refractivity contribution in [2.45, 2.75) is 38.7 Å². The van der Waals surface area contributed by atoms with E-state index in [1.807, 2.05) is 0 Å². The summed E-state index contributed by atoms with van der Waals surface area (Å²) >= 11 is 2.38. The number of hydrogen-bond donors (Lipinski definition) is 1. The van der Waals surface area contributed by atoms with Crippen molar-refractivity contribution in [1.29, 1.82) is 0 Å². The fraction of sp³-hybridized carbons (Fsp3) is 0.647. The van der Waals surface area contributed by atoms with Gasteiger partial charge < -0.3 is 10.1 Å². The Balaban J connectivity index is 1.79. The Labute approximate surface area is 135 Å². The normalized spacial score (nSPS) is 29.8. The van der Waals surface area contributed by atoms with Crippen LogP contribution in [-0.4, -0.2) is 25.8 Å². The molecule has 1 aliphatic carbocycles. The molecule has 0 radical (unpaired) electrons. The van der Waals surface area contributed by atoms with E-state index < -0.39 is 0 Å². The van der Waals surface area contributed by atoms with Crippen molar-refractivity contribution in [2.24, 2.45) is 11.3 Å². The summed E-state index contributed by atoms with van der Waals surface area (Å²) in [6.07, 6.45) is 5.56. The fourth-order valence-electron chi connectivity index (χ4n) is 3.57. The minimum Gasteiger partial charge on any atom is -0.377 e. The van der Waals surface area contributed by atoms with Crippen molar-refractivity contribution in [3.63, 3.8) is 0 Å². The molecule has 3 rings (SSSR count). The second-order valence-corrected chi connectivity index (χ2v) is 7.57. The third kappa shape index (κ3) is 3.20. The van der Waals surface area contributed by atoms with Crippen LogP contribution in [0.2, 0.25) is 0 Å². The van der Waals surface area contributed by atoms with Gasteiger partial charge in [0.05, 0.1) is 6.10 Å². The summed E-state index contributed by atoms with van der Waals surface area (Å²) in [5, 5.41) is 3.59. The molecule has 1 N–H and O–H groups in total. The van der Waals surface area contributed by atoms with Crippen molar-refractivity contribution >= 4 is 22.6 Å². The van der Waals surface area contributed by atoms with Gasteiger partial charge in [0.1, 0.15) is 0 Å². The lowest BCUT2D eigenvalue weighted by Gasteiger charge is -2.35. The van der Waals surface area contributed by atoms with Gasteiger partial charge in [0.15, 0.2) is 0 Å². The van der Waals surface area contributed by atoms with Gasteiger partial charge in [-0.1, -0.05) is 19.1 Å². The lowest BCUT2D eigenvalue weighted by Crippen LogP contribution is -2.43. The Kier molecular flexibility index (Phi) is 4.68. The molecule has 1 saturated carbocycles. The molecule has 1 aliphatic heterocycles. The Hall–Kier alpha value is -0.130.